The fraction of sp³-hybridized carbons (Fsp3) is 0.417. The number of halogens is 2. The Morgan fingerprint density at radius 3 is 2.65 bits per heavy atom. The van der Waals surface area contributed by atoms with E-state index in [-0.39, 0.29) is 24.4 Å². The number of piperidine rings is 1. The second kappa shape index (κ2) is 6.84. The monoisotopic (exact) mass is 274 g/mol. The second-order valence-corrected chi connectivity index (χ2v) is 4.46. The second-order valence-electron chi connectivity index (χ2n) is 4.02. The normalized spacial score (nSPS) is 19.2. The highest BCUT2D eigenvalue weighted by Crippen LogP contribution is 2.10. The average Bonchev–Trinajstić information content (AvgIpc) is 2.31. The van der Waals surface area contributed by atoms with Gasteiger partial charge in [0.25, 0.3) is 5.91 Å². The lowest BCUT2D eigenvalue weighted by Gasteiger charge is -2.23. The van der Waals surface area contributed by atoms with Crippen LogP contribution in [-0.2, 0) is 0 Å². The van der Waals surface area contributed by atoms with Gasteiger partial charge < -0.3 is 10.6 Å². The summed E-state index contributed by atoms with van der Waals surface area (Å²) in [6.45, 7) is 1.91. The van der Waals surface area contributed by atoms with Crippen molar-refractivity contribution in [2.75, 3.05) is 13.1 Å². The molecule has 1 heterocycles. The molecule has 2 N–H and O–H groups in total. The summed E-state index contributed by atoms with van der Waals surface area (Å²) in [7, 11) is 0. The van der Waals surface area contributed by atoms with Gasteiger partial charge in [-0.1, -0.05) is 11.6 Å². The third-order valence-electron chi connectivity index (χ3n) is 2.74. The zero-order chi connectivity index (χ0) is 11.4. The molecule has 0 saturated carbocycles. The number of amides is 1. The Morgan fingerprint density at radius 2 is 2.06 bits per heavy atom. The van der Waals surface area contributed by atoms with Crippen molar-refractivity contribution < 1.29 is 4.79 Å². The SMILES string of the molecule is Cl.O=C(N[C@H]1CCCNC1)c1ccc(Cl)cc1. The highest BCUT2D eigenvalue weighted by atomic mass is 35.5. The number of hydrogen-bond donors (Lipinski definition) is 2. The van der Waals surface area contributed by atoms with Gasteiger partial charge in [-0.15, -0.1) is 12.4 Å². The van der Waals surface area contributed by atoms with Crippen LogP contribution in [0.2, 0.25) is 5.02 Å². The summed E-state index contributed by atoms with van der Waals surface area (Å²) in [5.74, 6) is -0.0228. The predicted molar refractivity (Wildman–Crippen MR) is 72.1 cm³/mol. The van der Waals surface area contributed by atoms with Crippen LogP contribution in [0.3, 0.4) is 0 Å². The van der Waals surface area contributed by atoms with Gasteiger partial charge in [0.1, 0.15) is 0 Å². The molecule has 2 rings (SSSR count). The summed E-state index contributed by atoms with van der Waals surface area (Å²) in [5.41, 5.74) is 0.662. The van der Waals surface area contributed by atoms with Crippen molar-refractivity contribution in [3.63, 3.8) is 0 Å². The van der Waals surface area contributed by atoms with Gasteiger partial charge in [-0.2, -0.15) is 0 Å². The van der Waals surface area contributed by atoms with Gasteiger partial charge in [-0.05, 0) is 43.7 Å². The van der Waals surface area contributed by atoms with Crippen LogP contribution in [0, 0.1) is 0 Å². The minimum atomic E-state index is -0.0228. The first-order valence-corrected chi connectivity index (χ1v) is 5.90. The summed E-state index contributed by atoms with van der Waals surface area (Å²) in [4.78, 5) is 11.8. The van der Waals surface area contributed by atoms with Gasteiger partial charge in [0, 0.05) is 23.2 Å². The number of rotatable bonds is 2. The van der Waals surface area contributed by atoms with E-state index in [1.807, 2.05) is 0 Å². The fourth-order valence-corrected chi connectivity index (χ4v) is 1.97. The molecule has 17 heavy (non-hydrogen) atoms. The molecule has 1 amide bonds. The van der Waals surface area contributed by atoms with Crippen molar-refractivity contribution in [3.8, 4) is 0 Å². The molecule has 3 nitrogen and oxygen atoms in total. The molecule has 1 aliphatic heterocycles. The van der Waals surface area contributed by atoms with E-state index < -0.39 is 0 Å². The maximum absolute atomic E-state index is 11.8. The molecule has 0 spiro atoms. The van der Waals surface area contributed by atoms with E-state index in [9.17, 15) is 4.79 Å². The van der Waals surface area contributed by atoms with Crippen LogP contribution in [0.15, 0.2) is 24.3 Å². The standard InChI is InChI=1S/C12H15ClN2O.ClH/c13-10-5-3-9(4-6-10)12(16)15-11-2-1-7-14-8-11;/h3-6,11,14H,1-2,7-8H2,(H,15,16);1H/t11-;/m0./s1. The Morgan fingerprint density at radius 1 is 1.35 bits per heavy atom. The zero-order valence-electron chi connectivity index (χ0n) is 9.41. The Balaban J connectivity index is 0.00000144. The maximum atomic E-state index is 11.8. The molecule has 0 aliphatic carbocycles. The Kier molecular flexibility index (Phi) is 5.75. The van der Waals surface area contributed by atoms with E-state index in [2.05, 4.69) is 10.6 Å². The number of carbonyl (C=O) groups is 1. The Bertz CT molecular complexity index is 361. The van der Waals surface area contributed by atoms with E-state index in [1.165, 1.54) is 0 Å². The lowest BCUT2D eigenvalue weighted by Crippen LogP contribution is -2.45. The van der Waals surface area contributed by atoms with Crippen LogP contribution in [-0.4, -0.2) is 25.0 Å². The highest BCUT2D eigenvalue weighted by Gasteiger charge is 2.15. The summed E-state index contributed by atoms with van der Waals surface area (Å²) in [6, 6.07) is 7.20. The van der Waals surface area contributed by atoms with Crippen molar-refractivity contribution in [3.05, 3.63) is 34.9 Å². The molecule has 1 saturated heterocycles. The molecule has 1 fully saturated rings. The molecule has 0 unspecified atom stereocenters. The van der Waals surface area contributed by atoms with Crippen LogP contribution in [0.25, 0.3) is 0 Å². The molecule has 0 radical (unpaired) electrons. The zero-order valence-corrected chi connectivity index (χ0v) is 11.0. The van der Waals surface area contributed by atoms with E-state index >= 15 is 0 Å². The first-order valence-electron chi connectivity index (χ1n) is 5.53. The van der Waals surface area contributed by atoms with E-state index in [1.54, 1.807) is 24.3 Å². The van der Waals surface area contributed by atoms with Crippen molar-refractivity contribution in [1.82, 2.24) is 10.6 Å². The molecule has 0 aromatic heterocycles. The van der Waals surface area contributed by atoms with Crippen LogP contribution in [0.4, 0.5) is 0 Å². The quantitative estimate of drug-likeness (QED) is 0.869. The largest absolute Gasteiger partial charge is 0.348 e. The number of benzene rings is 1. The van der Waals surface area contributed by atoms with Gasteiger partial charge in [0.15, 0.2) is 0 Å². The van der Waals surface area contributed by atoms with Gasteiger partial charge in [-0.25, -0.2) is 0 Å². The first-order chi connectivity index (χ1) is 7.75. The smallest absolute Gasteiger partial charge is 0.251 e. The van der Waals surface area contributed by atoms with Crippen LogP contribution in [0.1, 0.15) is 23.2 Å². The Hall–Kier alpha value is -0.770. The topological polar surface area (TPSA) is 41.1 Å². The predicted octanol–water partition coefficient (Wildman–Crippen LogP) is 2.24. The fourth-order valence-electron chi connectivity index (χ4n) is 1.85. The molecule has 1 aromatic carbocycles. The van der Waals surface area contributed by atoms with Crippen LogP contribution in [0.5, 0.6) is 0 Å². The molecular formula is C12H16Cl2N2O. The third kappa shape index (κ3) is 4.19. The lowest BCUT2D eigenvalue weighted by atomic mass is 10.1. The maximum Gasteiger partial charge on any atom is 0.251 e. The van der Waals surface area contributed by atoms with Crippen molar-refractivity contribution in [2.45, 2.75) is 18.9 Å². The molecule has 0 bridgehead atoms. The van der Waals surface area contributed by atoms with E-state index in [4.69, 9.17) is 11.6 Å². The summed E-state index contributed by atoms with van der Waals surface area (Å²) >= 11 is 5.77. The van der Waals surface area contributed by atoms with Gasteiger partial charge in [0.05, 0.1) is 0 Å². The summed E-state index contributed by atoms with van der Waals surface area (Å²) in [5, 5.41) is 6.92. The number of carbonyl (C=O) groups excluding carboxylic acids is 1. The van der Waals surface area contributed by atoms with E-state index in [0.29, 0.717) is 10.6 Å². The molecule has 94 valence electrons. The molecule has 1 aliphatic rings. The van der Waals surface area contributed by atoms with Crippen molar-refractivity contribution >= 4 is 29.9 Å². The highest BCUT2D eigenvalue weighted by molar-refractivity contribution is 6.30. The summed E-state index contributed by atoms with van der Waals surface area (Å²) in [6.07, 6.45) is 2.16. The molecular weight excluding hydrogens is 259 g/mol. The molecule has 5 heteroatoms. The Labute approximate surface area is 112 Å². The number of hydrogen-bond acceptors (Lipinski definition) is 2. The first kappa shape index (κ1) is 14.3. The summed E-state index contributed by atoms with van der Waals surface area (Å²) < 4.78 is 0. The molecule has 1 aromatic rings. The average molecular weight is 275 g/mol. The number of nitrogens with one attached hydrogen (secondary N) is 2. The van der Waals surface area contributed by atoms with Crippen molar-refractivity contribution in [1.29, 1.82) is 0 Å². The third-order valence-corrected chi connectivity index (χ3v) is 2.99. The van der Waals surface area contributed by atoms with Gasteiger partial charge in [-0.3, -0.25) is 4.79 Å². The van der Waals surface area contributed by atoms with Crippen LogP contribution >= 0.6 is 24.0 Å². The lowest BCUT2D eigenvalue weighted by molar-refractivity contribution is 0.0930. The van der Waals surface area contributed by atoms with Gasteiger partial charge >= 0.3 is 0 Å². The minimum absolute atomic E-state index is 0. The van der Waals surface area contributed by atoms with E-state index in [0.717, 1.165) is 25.9 Å². The van der Waals surface area contributed by atoms with Crippen molar-refractivity contribution in [2.24, 2.45) is 0 Å². The van der Waals surface area contributed by atoms with Gasteiger partial charge in [0.2, 0.25) is 0 Å². The van der Waals surface area contributed by atoms with Crippen LogP contribution < -0.4 is 10.6 Å². The minimum Gasteiger partial charge on any atom is -0.348 e. The molecule has 1 atom stereocenters.